The molecule has 0 amide bonds. The van der Waals surface area contributed by atoms with E-state index in [9.17, 15) is 4.39 Å². The molecule has 0 bridgehead atoms. The third-order valence-electron chi connectivity index (χ3n) is 2.98. The van der Waals surface area contributed by atoms with Crippen molar-refractivity contribution in [1.29, 1.82) is 0 Å². The van der Waals surface area contributed by atoms with E-state index in [4.69, 9.17) is 4.74 Å². The molecule has 3 heteroatoms. The van der Waals surface area contributed by atoms with Gasteiger partial charge in [-0.1, -0.05) is 39.7 Å². The molecule has 0 radical (unpaired) electrons. The van der Waals surface area contributed by atoms with Gasteiger partial charge in [0.25, 0.3) is 0 Å². The summed E-state index contributed by atoms with van der Waals surface area (Å²) >= 11 is 3.32. The molecule has 0 saturated heterocycles. The van der Waals surface area contributed by atoms with Crippen molar-refractivity contribution in [2.75, 3.05) is 0 Å². The molecule has 0 unspecified atom stereocenters. The Morgan fingerprint density at radius 3 is 2.63 bits per heavy atom. The van der Waals surface area contributed by atoms with E-state index in [2.05, 4.69) is 34.1 Å². The highest BCUT2D eigenvalue weighted by molar-refractivity contribution is 9.08. The maximum Gasteiger partial charge on any atom is 0.127 e. The molecule has 0 aromatic heterocycles. The largest absolute Gasteiger partial charge is 0.489 e. The van der Waals surface area contributed by atoms with Crippen LogP contribution in [0.2, 0.25) is 0 Å². The van der Waals surface area contributed by atoms with Gasteiger partial charge in [-0.25, -0.2) is 4.39 Å². The zero-order valence-corrected chi connectivity index (χ0v) is 12.6. The summed E-state index contributed by atoms with van der Waals surface area (Å²) in [6.07, 6.45) is 0. The van der Waals surface area contributed by atoms with Crippen LogP contribution >= 0.6 is 15.9 Å². The molecule has 100 valence electrons. The Kier molecular flexibility index (Phi) is 4.59. The van der Waals surface area contributed by atoms with Gasteiger partial charge in [0, 0.05) is 11.4 Å². The Balaban J connectivity index is 2.14. The highest BCUT2D eigenvalue weighted by atomic mass is 79.9. The van der Waals surface area contributed by atoms with Gasteiger partial charge < -0.3 is 4.74 Å². The third kappa shape index (κ3) is 3.80. The first-order valence-electron chi connectivity index (χ1n) is 6.13. The van der Waals surface area contributed by atoms with Gasteiger partial charge in [-0.2, -0.15) is 0 Å². The number of hydrogen-bond donors (Lipinski definition) is 0. The lowest BCUT2D eigenvalue weighted by Crippen LogP contribution is -1.99. The molecule has 0 aliphatic rings. The van der Waals surface area contributed by atoms with Crippen molar-refractivity contribution in [1.82, 2.24) is 0 Å². The molecular formula is C16H16BrFO. The summed E-state index contributed by atoms with van der Waals surface area (Å²) in [6.45, 7) is 4.56. The van der Waals surface area contributed by atoms with Gasteiger partial charge >= 0.3 is 0 Å². The number of hydrogen-bond acceptors (Lipinski definition) is 1. The number of rotatable bonds is 4. The lowest BCUT2D eigenvalue weighted by molar-refractivity contribution is 0.303. The van der Waals surface area contributed by atoms with Crippen LogP contribution in [-0.2, 0) is 11.9 Å². The summed E-state index contributed by atoms with van der Waals surface area (Å²) in [4.78, 5) is 0. The molecule has 0 N–H and O–H groups in total. The monoisotopic (exact) mass is 322 g/mol. The van der Waals surface area contributed by atoms with Gasteiger partial charge in [0.2, 0.25) is 0 Å². The van der Waals surface area contributed by atoms with Crippen molar-refractivity contribution in [3.8, 4) is 5.75 Å². The Morgan fingerprint density at radius 1 is 1.11 bits per heavy atom. The Hall–Kier alpha value is -1.35. The molecule has 2 aromatic rings. The molecule has 0 aliphatic heterocycles. The van der Waals surface area contributed by atoms with Crippen LogP contribution in [0, 0.1) is 19.7 Å². The van der Waals surface area contributed by atoms with E-state index in [1.807, 2.05) is 19.9 Å². The second-order valence-corrected chi connectivity index (χ2v) is 5.21. The van der Waals surface area contributed by atoms with Crippen molar-refractivity contribution in [3.63, 3.8) is 0 Å². The fraction of sp³-hybridized carbons (Fsp3) is 0.250. The minimum atomic E-state index is -0.270. The lowest BCUT2D eigenvalue weighted by Gasteiger charge is -2.10. The van der Waals surface area contributed by atoms with Gasteiger partial charge in [0.05, 0.1) is 0 Å². The minimum absolute atomic E-state index is 0.270. The van der Waals surface area contributed by atoms with Gasteiger partial charge in [-0.05, 0) is 42.7 Å². The fourth-order valence-corrected chi connectivity index (χ4v) is 2.22. The van der Waals surface area contributed by atoms with E-state index in [0.29, 0.717) is 17.7 Å². The van der Waals surface area contributed by atoms with E-state index >= 15 is 0 Å². The second kappa shape index (κ2) is 6.20. The van der Waals surface area contributed by atoms with Crippen LogP contribution in [0.15, 0.2) is 36.4 Å². The highest BCUT2D eigenvalue weighted by Gasteiger charge is 2.04. The molecule has 2 rings (SSSR count). The molecule has 0 fully saturated rings. The van der Waals surface area contributed by atoms with Gasteiger partial charge in [0.15, 0.2) is 0 Å². The predicted molar refractivity (Wildman–Crippen MR) is 79.3 cm³/mol. The standard InChI is InChI=1S/C16H16BrFO/c1-11-3-4-12(2)14(5-11)10-19-16-7-13(9-17)6-15(18)8-16/h3-8H,9-10H2,1-2H3. The fourth-order valence-electron chi connectivity index (χ4n) is 1.90. The number of benzene rings is 2. The van der Waals surface area contributed by atoms with Gasteiger partial charge in [0.1, 0.15) is 18.2 Å². The molecule has 0 spiro atoms. The average Bonchev–Trinajstić information content (AvgIpc) is 2.39. The quantitative estimate of drug-likeness (QED) is 0.726. The van der Waals surface area contributed by atoms with E-state index < -0.39 is 0 Å². The molecule has 0 aliphatic carbocycles. The van der Waals surface area contributed by atoms with E-state index in [0.717, 1.165) is 11.1 Å². The van der Waals surface area contributed by atoms with Crippen LogP contribution < -0.4 is 4.74 Å². The normalized spacial score (nSPS) is 10.5. The van der Waals surface area contributed by atoms with Gasteiger partial charge in [-0.3, -0.25) is 0 Å². The van der Waals surface area contributed by atoms with Crippen LogP contribution in [0.4, 0.5) is 4.39 Å². The summed E-state index contributed by atoms with van der Waals surface area (Å²) in [5.41, 5.74) is 4.38. The van der Waals surface area contributed by atoms with Crippen LogP contribution in [0.25, 0.3) is 0 Å². The van der Waals surface area contributed by atoms with E-state index in [1.54, 1.807) is 0 Å². The minimum Gasteiger partial charge on any atom is -0.489 e. The molecule has 1 nitrogen and oxygen atoms in total. The molecule has 0 saturated carbocycles. The van der Waals surface area contributed by atoms with Gasteiger partial charge in [-0.15, -0.1) is 0 Å². The topological polar surface area (TPSA) is 9.23 Å². The van der Waals surface area contributed by atoms with Crippen LogP contribution in [0.5, 0.6) is 5.75 Å². The first kappa shape index (κ1) is 14.1. The molecule has 0 heterocycles. The maximum absolute atomic E-state index is 13.4. The summed E-state index contributed by atoms with van der Waals surface area (Å²) < 4.78 is 19.1. The van der Waals surface area contributed by atoms with Crippen molar-refractivity contribution in [2.24, 2.45) is 0 Å². The number of halogens is 2. The summed E-state index contributed by atoms with van der Waals surface area (Å²) in [7, 11) is 0. The van der Waals surface area contributed by atoms with E-state index in [-0.39, 0.29) is 5.82 Å². The Labute approximate surface area is 121 Å². The second-order valence-electron chi connectivity index (χ2n) is 4.65. The summed E-state index contributed by atoms with van der Waals surface area (Å²) in [5, 5.41) is 0.616. The maximum atomic E-state index is 13.4. The number of ether oxygens (including phenoxy) is 1. The first-order chi connectivity index (χ1) is 9.08. The van der Waals surface area contributed by atoms with Crippen LogP contribution in [0.3, 0.4) is 0 Å². The van der Waals surface area contributed by atoms with Crippen molar-refractivity contribution < 1.29 is 9.13 Å². The van der Waals surface area contributed by atoms with Crippen LogP contribution in [-0.4, -0.2) is 0 Å². The molecule has 0 atom stereocenters. The smallest absolute Gasteiger partial charge is 0.127 e. The molecular weight excluding hydrogens is 307 g/mol. The Bertz CT molecular complexity index is 581. The zero-order valence-electron chi connectivity index (χ0n) is 11.0. The third-order valence-corrected chi connectivity index (χ3v) is 3.63. The molecule has 2 aromatic carbocycles. The number of alkyl halides is 1. The SMILES string of the molecule is Cc1ccc(C)c(COc2cc(F)cc(CBr)c2)c1. The summed E-state index contributed by atoms with van der Waals surface area (Å²) in [6, 6.07) is 11.0. The average molecular weight is 323 g/mol. The Morgan fingerprint density at radius 2 is 1.89 bits per heavy atom. The van der Waals surface area contributed by atoms with Crippen molar-refractivity contribution >= 4 is 15.9 Å². The first-order valence-corrected chi connectivity index (χ1v) is 7.25. The van der Waals surface area contributed by atoms with Crippen molar-refractivity contribution in [2.45, 2.75) is 25.8 Å². The zero-order chi connectivity index (χ0) is 13.8. The summed E-state index contributed by atoms with van der Waals surface area (Å²) in [5.74, 6) is 0.295. The number of aryl methyl sites for hydroxylation is 2. The van der Waals surface area contributed by atoms with Crippen molar-refractivity contribution in [3.05, 3.63) is 64.5 Å². The highest BCUT2D eigenvalue weighted by Crippen LogP contribution is 2.20. The lowest BCUT2D eigenvalue weighted by atomic mass is 10.1. The van der Waals surface area contributed by atoms with Crippen LogP contribution in [0.1, 0.15) is 22.3 Å². The van der Waals surface area contributed by atoms with E-state index in [1.165, 1.54) is 23.3 Å². The molecule has 19 heavy (non-hydrogen) atoms. The predicted octanol–water partition coefficient (Wildman–Crippen LogP) is 4.92.